The molecular weight excluding hydrogens is 350 g/mol. The van der Waals surface area contributed by atoms with Gasteiger partial charge in [0.2, 0.25) is 5.91 Å². The van der Waals surface area contributed by atoms with E-state index in [4.69, 9.17) is 10.5 Å². The summed E-state index contributed by atoms with van der Waals surface area (Å²) in [5.41, 5.74) is 8.35. The minimum Gasteiger partial charge on any atom is -0.373 e. The average Bonchev–Trinajstić information content (AvgIpc) is 2.67. The fraction of sp³-hybridized carbons (Fsp3) is 0.435. The first kappa shape index (κ1) is 20.5. The summed E-state index contributed by atoms with van der Waals surface area (Å²) in [6.07, 6.45) is 0.543. The van der Waals surface area contributed by atoms with Crippen LogP contribution < -0.4 is 11.1 Å². The lowest BCUT2D eigenvalue weighted by molar-refractivity contribution is -0.126. The molecule has 1 saturated heterocycles. The lowest BCUT2D eigenvalue weighted by Gasteiger charge is -2.35. The van der Waals surface area contributed by atoms with Gasteiger partial charge in [-0.05, 0) is 37.5 Å². The third-order valence-electron chi connectivity index (χ3n) is 5.22. The number of benzene rings is 2. The fourth-order valence-electron chi connectivity index (χ4n) is 3.72. The molecule has 0 bridgehead atoms. The third-order valence-corrected chi connectivity index (χ3v) is 5.22. The molecule has 1 fully saturated rings. The van der Waals surface area contributed by atoms with E-state index in [0.29, 0.717) is 6.54 Å². The van der Waals surface area contributed by atoms with Crippen LogP contribution in [-0.4, -0.2) is 36.1 Å². The third kappa shape index (κ3) is 5.19. The predicted octanol–water partition coefficient (Wildman–Crippen LogP) is 2.79. The lowest BCUT2D eigenvalue weighted by atomic mass is 9.92. The molecule has 3 rings (SSSR count). The Kier molecular flexibility index (Phi) is 6.50. The Morgan fingerprint density at radius 1 is 1.07 bits per heavy atom. The zero-order valence-corrected chi connectivity index (χ0v) is 17.0. The molecular formula is C23H31N3O2. The van der Waals surface area contributed by atoms with Gasteiger partial charge in [-0.2, -0.15) is 0 Å². The molecule has 5 heteroatoms. The van der Waals surface area contributed by atoms with Crippen LogP contribution in [-0.2, 0) is 28.2 Å². The van der Waals surface area contributed by atoms with Gasteiger partial charge in [0.15, 0.2) is 0 Å². The molecule has 3 N–H and O–H groups in total. The highest BCUT2D eigenvalue weighted by Crippen LogP contribution is 2.18. The van der Waals surface area contributed by atoms with Gasteiger partial charge in [-0.1, -0.05) is 54.6 Å². The second-order valence-corrected chi connectivity index (χ2v) is 8.02. The van der Waals surface area contributed by atoms with Gasteiger partial charge in [0, 0.05) is 26.2 Å². The number of carbonyl (C=O) groups excluding carboxylic acids is 1. The van der Waals surface area contributed by atoms with Crippen molar-refractivity contribution in [2.75, 3.05) is 13.1 Å². The number of ether oxygens (including phenoxy) is 1. The lowest BCUT2D eigenvalue weighted by Crippen LogP contribution is -2.48. The fourth-order valence-corrected chi connectivity index (χ4v) is 3.72. The van der Waals surface area contributed by atoms with E-state index >= 15 is 0 Å². The molecule has 1 heterocycles. The molecule has 1 aliphatic rings. The minimum absolute atomic E-state index is 0.181. The average molecular weight is 382 g/mol. The SMILES string of the molecule is CC1CN(Cc2ccc(CNC(=O)C(C)(N)c3ccccc3)cc2)CC(C)O1. The Hall–Kier alpha value is -2.21. The second-order valence-electron chi connectivity index (χ2n) is 8.02. The second kappa shape index (κ2) is 8.86. The van der Waals surface area contributed by atoms with Crippen molar-refractivity contribution in [1.29, 1.82) is 0 Å². The van der Waals surface area contributed by atoms with Crippen LogP contribution in [0, 0.1) is 0 Å². The zero-order valence-electron chi connectivity index (χ0n) is 17.0. The minimum atomic E-state index is -1.05. The van der Waals surface area contributed by atoms with E-state index in [1.807, 2.05) is 30.3 Å². The van der Waals surface area contributed by atoms with Crippen molar-refractivity contribution in [3.8, 4) is 0 Å². The van der Waals surface area contributed by atoms with Crippen LogP contribution in [0.3, 0.4) is 0 Å². The van der Waals surface area contributed by atoms with Gasteiger partial charge in [0.05, 0.1) is 12.2 Å². The highest BCUT2D eigenvalue weighted by Gasteiger charge is 2.30. The first-order chi connectivity index (χ1) is 13.3. The summed E-state index contributed by atoms with van der Waals surface area (Å²) in [6, 6.07) is 17.8. The van der Waals surface area contributed by atoms with E-state index < -0.39 is 5.54 Å². The molecule has 2 aromatic carbocycles. The van der Waals surface area contributed by atoms with Crippen molar-refractivity contribution in [2.45, 2.75) is 51.6 Å². The maximum atomic E-state index is 12.6. The quantitative estimate of drug-likeness (QED) is 0.807. The standard InChI is InChI=1S/C23H31N3O2/c1-17-14-26(15-18(2)28-17)16-20-11-9-19(10-12-20)13-25-22(27)23(3,24)21-7-5-4-6-8-21/h4-12,17-18H,13-16,24H2,1-3H3,(H,25,27). The van der Waals surface area contributed by atoms with Crippen molar-refractivity contribution in [3.05, 3.63) is 71.3 Å². The van der Waals surface area contributed by atoms with Gasteiger partial charge >= 0.3 is 0 Å². The molecule has 28 heavy (non-hydrogen) atoms. The molecule has 1 aliphatic heterocycles. The Morgan fingerprint density at radius 3 is 2.25 bits per heavy atom. The van der Waals surface area contributed by atoms with Crippen LogP contribution in [0.25, 0.3) is 0 Å². The largest absolute Gasteiger partial charge is 0.373 e. The molecule has 3 unspecified atom stereocenters. The van der Waals surface area contributed by atoms with E-state index in [2.05, 4.69) is 48.3 Å². The maximum Gasteiger partial charge on any atom is 0.244 e. The van der Waals surface area contributed by atoms with E-state index in [-0.39, 0.29) is 18.1 Å². The number of rotatable bonds is 6. The number of amides is 1. The summed E-state index contributed by atoms with van der Waals surface area (Å²) in [6.45, 7) is 9.27. The maximum absolute atomic E-state index is 12.6. The topological polar surface area (TPSA) is 67.6 Å². The summed E-state index contributed by atoms with van der Waals surface area (Å²) < 4.78 is 5.79. The number of morpholine rings is 1. The summed E-state index contributed by atoms with van der Waals surface area (Å²) in [7, 11) is 0. The Bertz CT molecular complexity index is 764. The predicted molar refractivity (Wildman–Crippen MR) is 112 cm³/mol. The number of hydrogen-bond acceptors (Lipinski definition) is 4. The highest BCUT2D eigenvalue weighted by molar-refractivity contribution is 5.86. The van der Waals surface area contributed by atoms with Crippen LogP contribution in [0.2, 0.25) is 0 Å². The van der Waals surface area contributed by atoms with Crippen molar-refractivity contribution >= 4 is 5.91 Å². The smallest absolute Gasteiger partial charge is 0.244 e. The molecule has 0 spiro atoms. The van der Waals surface area contributed by atoms with Gasteiger partial charge in [0.25, 0.3) is 0 Å². The first-order valence-electron chi connectivity index (χ1n) is 9.93. The molecule has 3 atom stereocenters. The Labute approximate surface area is 167 Å². The zero-order chi connectivity index (χ0) is 20.1. The van der Waals surface area contributed by atoms with Crippen LogP contribution in [0.5, 0.6) is 0 Å². The van der Waals surface area contributed by atoms with Crippen molar-refractivity contribution in [2.24, 2.45) is 5.73 Å². The summed E-state index contributed by atoms with van der Waals surface area (Å²) in [4.78, 5) is 15.0. The number of carbonyl (C=O) groups is 1. The molecule has 0 saturated carbocycles. The summed E-state index contributed by atoms with van der Waals surface area (Å²) >= 11 is 0. The summed E-state index contributed by atoms with van der Waals surface area (Å²) in [5, 5.41) is 2.96. The number of hydrogen-bond donors (Lipinski definition) is 2. The van der Waals surface area contributed by atoms with Crippen LogP contribution in [0.1, 0.15) is 37.5 Å². The monoisotopic (exact) mass is 381 g/mol. The molecule has 0 aromatic heterocycles. The summed E-state index contributed by atoms with van der Waals surface area (Å²) in [5.74, 6) is -0.181. The van der Waals surface area contributed by atoms with Gasteiger partial charge in [-0.3, -0.25) is 9.69 Å². The highest BCUT2D eigenvalue weighted by atomic mass is 16.5. The molecule has 1 amide bonds. The first-order valence-corrected chi connectivity index (χ1v) is 9.93. The van der Waals surface area contributed by atoms with Gasteiger partial charge in [0.1, 0.15) is 5.54 Å². The Morgan fingerprint density at radius 2 is 1.64 bits per heavy atom. The molecule has 5 nitrogen and oxygen atoms in total. The number of nitrogens with one attached hydrogen (secondary N) is 1. The normalized spacial score (nSPS) is 22.4. The molecule has 150 valence electrons. The van der Waals surface area contributed by atoms with Crippen LogP contribution in [0.4, 0.5) is 0 Å². The van der Waals surface area contributed by atoms with E-state index in [0.717, 1.165) is 30.8 Å². The molecule has 2 aromatic rings. The van der Waals surface area contributed by atoms with E-state index in [1.165, 1.54) is 5.56 Å². The Balaban J connectivity index is 1.54. The van der Waals surface area contributed by atoms with Crippen molar-refractivity contribution in [1.82, 2.24) is 10.2 Å². The van der Waals surface area contributed by atoms with Gasteiger partial charge in [-0.15, -0.1) is 0 Å². The van der Waals surface area contributed by atoms with Crippen molar-refractivity contribution in [3.63, 3.8) is 0 Å². The van der Waals surface area contributed by atoms with Crippen LogP contribution >= 0.6 is 0 Å². The van der Waals surface area contributed by atoms with Gasteiger partial charge in [-0.25, -0.2) is 0 Å². The van der Waals surface area contributed by atoms with Gasteiger partial charge < -0.3 is 15.8 Å². The number of nitrogens with two attached hydrogens (primary N) is 1. The van der Waals surface area contributed by atoms with E-state index in [1.54, 1.807) is 6.92 Å². The van der Waals surface area contributed by atoms with Crippen LogP contribution in [0.15, 0.2) is 54.6 Å². The molecule has 0 aliphatic carbocycles. The molecule has 0 radical (unpaired) electrons. The van der Waals surface area contributed by atoms with Crippen molar-refractivity contribution < 1.29 is 9.53 Å². The number of nitrogens with zero attached hydrogens (tertiary/aromatic N) is 1. The van der Waals surface area contributed by atoms with E-state index in [9.17, 15) is 4.79 Å².